The van der Waals surface area contributed by atoms with Gasteiger partial charge in [-0.3, -0.25) is 14.3 Å². The van der Waals surface area contributed by atoms with E-state index in [9.17, 15) is 19.5 Å². The Labute approximate surface area is 197 Å². The Hall–Kier alpha value is -3.62. The molecule has 4 rings (SSSR count). The number of allylic oxidation sites excluding steroid dienone is 1. The number of carbonyl (C=O) groups is 3. The predicted octanol–water partition coefficient (Wildman–Crippen LogP) is 3.49. The van der Waals surface area contributed by atoms with Crippen molar-refractivity contribution < 1.29 is 19.5 Å². The van der Waals surface area contributed by atoms with Crippen molar-refractivity contribution in [2.24, 2.45) is 15.4 Å². The molecule has 1 amide bonds. The van der Waals surface area contributed by atoms with Gasteiger partial charge in [0, 0.05) is 24.6 Å². The summed E-state index contributed by atoms with van der Waals surface area (Å²) < 4.78 is 1.54. The first-order valence-electron chi connectivity index (χ1n) is 11.2. The number of rotatable bonds is 6. The molecule has 1 aromatic carbocycles. The van der Waals surface area contributed by atoms with Crippen molar-refractivity contribution in [3.05, 3.63) is 35.2 Å². The second-order valence-corrected chi connectivity index (χ2v) is 9.63. The monoisotopic (exact) mass is 463 g/mol. The summed E-state index contributed by atoms with van der Waals surface area (Å²) in [6, 6.07) is 2.96. The molecule has 0 spiro atoms. The summed E-state index contributed by atoms with van der Waals surface area (Å²) in [4.78, 5) is 47.0. The topological polar surface area (TPSA) is 117 Å². The molecule has 1 aliphatic carbocycles. The number of likely N-dealkylation sites (tertiary alicyclic amines) is 1. The number of amidine groups is 1. The van der Waals surface area contributed by atoms with Gasteiger partial charge in [0.25, 0.3) is 0 Å². The number of hydrogen-bond donors (Lipinski definition) is 1. The smallest absolute Gasteiger partial charge is 0.326 e. The van der Waals surface area contributed by atoms with Gasteiger partial charge in [-0.25, -0.2) is 14.8 Å². The van der Waals surface area contributed by atoms with Crippen molar-refractivity contribution >= 4 is 46.7 Å². The van der Waals surface area contributed by atoms with Crippen LogP contribution in [0.4, 0.5) is 0 Å². The Balaban J connectivity index is 1.73. The fraction of sp³-hybridized carbons (Fsp3) is 0.440. The summed E-state index contributed by atoms with van der Waals surface area (Å²) in [5, 5.41) is 14.8. The van der Waals surface area contributed by atoms with Crippen LogP contribution in [0.25, 0.3) is 16.5 Å². The number of hydrogen-bond acceptors (Lipinski definition) is 5. The first-order chi connectivity index (χ1) is 16.0. The maximum absolute atomic E-state index is 13.3. The minimum absolute atomic E-state index is 0.0512. The molecule has 1 saturated carbocycles. The lowest BCUT2D eigenvalue weighted by Crippen LogP contribution is -2.44. The first kappa shape index (κ1) is 23.5. The number of aromatic nitrogens is 2. The predicted molar refractivity (Wildman–Crippen MR) is 130 cm³/mol. The quantitative estimate of drug-likeness (QED) is 0.400. The number of aliphatic carboxylic acids is 1. The zero-order chi connectivity index (χ0) is 24.9. The maximum Gasteiger partial charge on any atom is 0.326 e. The molecule has 0 radical (unpaired) electrons. The van der Waals surface area contributed by atoms with Gasteiger partial charge in [0.2, 0.25) is 5.91 Å². The Bertz CT molecular complexity index is 1300. The Morgan fingerprint density at radius 3 is 2.59 bits per heavy atom. The summed E-state index contributed by atoms with van der Waals surface area (Å²) >= 11 is 0. The second-order valence-electron chi connectivity index (χ2n) is 9.63. The SMILES string of the molecule is C=NC(C)=N/C=C(\C)c1cc(C)c2c(c1)c(C(C)=O)nn2CC(=O)N1C2C[C@]2(C)C[C@H]1C(=O)O. The lowest BCUT2D eigenvalue weighted by Gasteiger charge is -2.24. The fourth-order valence-electron chi connectivity index (χ4n) is 4.99. The average Bonchev–Trinajstić information content (AvgIpc) is 3.13. The van der Waals surface area contributed by atoms with Gasteiger partial charge in [0.1, 0.15) is 24.1 Å². The van der Waals surface area contributed by atoms with Crippen LogP contribution in [0.2, 0.25) is 0 Å². The van der Waals surface area contributed by atoms with Crippen molar-refractivity contribution in [3.8, 4) is 0 Å². The molecule has 3 atom stereocenters. The molecule has 1 aromatic heterocycles. The van der Waals surface area contributed by atoms with Gasteiger partial charge in [-0.1, -0.05) is 6.92 Å². The highest BCUT2D eigenvalue weighted by atomic mass is 16.4. The third-order valence-corrected chi connectivity index (χ3v) is 6.99. The van der Waals surface area contributed by atoms with E-state index < -0.39 is 12.0 Å². The van der Waals surface area contributed by atoms with E-state index in [0.717, 1.165) is 23.1 Å². The van der Waals surface area contributed by atoms with Gasteiger partial charge >= 0.3 is 5.97 Å². The summed E-state index contributed by atoms with van der Waals surface area (Å²) in [6.07, 6.45) is 2.98. The number of nitrogens with zero attached hydrogens (tertiary/aromatic N) is 5. The minimum Gasteiger partial charge on any atom is -0.480 e. The number of carboxylic acids is 1. The highest BCUT2D eigenvalue weighted by Crippen LogP contribution is 2.59. The number of carbonyl (C=O) groups excluding carboxylic acids is 2. The molecule has 2 aromatic rings. The molecule has 2 fully saturated rings. The van der Waals surface area contributed by atoms with Gasteiger partial charge in [-0.2, -0.15) is 5.10 Å². The Kier molecular flexibility index (Phi) is 5.75. The van der Waals surface area contributed by atoms with Crippen LogP contribution in [0.1, 0.15) is 62.2 Å². The number of fused-ring (bicyclic) bond motifs is 2. The molecule has 1 N–H and O–H groups in total. The second kappa shape index (κ2) is 8.30. The lowest BCUT2D eigenvalue weighted by molar-refractivity contribution is -0.149. The van der Waals surface area contributed by atoms with E-state index >= 15 is 0 Å². The molecule has 34 heavy (non-hydrogen) atoms. The summed E-state index contributed by atoms with van der Waals surface area (Å²) in [5.41, 5.74) is 3.45. The fourth-order valence-corrected chi connectivity index (χ4v) is 4.99. The number of ketones is 1. The normalized spacial score (nSPS) is 24.3. The molecule has 9 nitrogen and oxygen atoms in total. The molecule has 0 bridgehead atoms. The van der Waals surface area contributed by atoms with E-state index in [2.05, 4.69) is 21.8 Å². The summed E-state index contributed by atoms with van der Waals surface area (Å²) in [7, 11) is 0. The maximum atomic E-state index is 13.3. The van der Waals surface area contributed by atoms with Crippen molar-refractivity contribution in [2.45, 2.75) is 66.1 Å². The van der Waals surface area contributed by atoms with E-state index in [1.165, 1.54) is 16.5 Å². The van der Waals surface area contributed by atoms with Crippen LogP contribution in [0.15, 0.2) is 28.3 Å². The Morgan fingerprint density at radius 2 is 1.97 bits per heavy atom. The largest absolute Gasteiger partial charge is 0.480 e. The van der Waals surface area contributed by atoms with Crippen molar-refractivity contribution in [2.75, 3.05) is 0 Å². The number of piperidine rings is 1. The van der Waals surface area contributed by atoms with Crippen LogP contribution in [0.3, 0.4) is 0 Å². The minimum atomic E-state index is -0.982. The summed E-state index contributed by atoms with van der Waals surface area (Å²) in [5.74, 6) is -0.941. The number of aryl methyl sites for hydroxylation is 1. The standard InChI is InChI=1S/C25H29N5O4/c1-13-7-17(14(2)11-27-16(4)26-6)8-18-22(15(3)31)28-29(23(13)18)12-21(32)30-19(24(33)34)9-25(5)10-20(25)30/h7-8,11,19-20H,6,9-10,12H2,1-5H3,(H,33,34)/b14-11+,27-16?/t19-,20?,25-/m0/s1. The number of Topliss-reactive ketones (excluding diaryl/α,β-unsaturated/α-hetero) is 1. The number of aliphatic imine (C=N–C) groups is 2. The van der Waals surface area contributed by atoms with Gasteiger partial charge in [-0.15, -0.1) is 0 Å². The zero-order valence-corrected chi connectivity index (χ0v) is 20.1. The molecular formula is C25H29N5O4. The van der Waals surface area contributed by atoms with Crippen molar-refractivity contribution in [3.63, 3.8) is 0 Å². The first-order valence-corrected chi connectivity index (χ1v) is 11.2. The van der Waals surface area contributed by atoms with E-state index in [4.69, 9.17) is 0 Å². The van der Waals surface area contributed by atoms with E-state index in [0.29, 0.717) is 23.2 Å². The number of amides is 1. The number of carboxylic acid groups (broad SMARTS) is 1. The van der Waals surface area contributed by atoms with Crippen molar-refractivity contribution in [1.82, 2.24) is 14.7 Å². The zero-order valence-electron chi connectivity index (χ0n) is 20.1. The third-order valence-electron chi connectivity index (χ3n) is 6.99. The lowest BCUT2D eigenvalue weighted by atomic mass is 10.0. The molecule has 1 aliphatic heterocycles. The van der Waals surface area contributed by atoms with Crippen LogP contribution in [-0.2, 0) is 16.1 Å². The van der Waals surface area contributed by atoms with Gasteiger partial charge in [0.15, 0.2) is 5.78 Å². The van der Waals surface area contributed by atoms with Crippen molar-refractivity contribution in [1.29, 1.82) is 0 Å². The van der Waals surface area contributed by atoms with Crippen LogP contribution in [-0.4, -0.2) is 62.1 Å². The molecule has 178 valence electrons. The van der Waals surface area contributed by atoms with Crippen LogP contribution < -0.4 is 0 Å². The molecule has 1 saturated heterocycles. The molecule has 2 heterocycles. The molecule has 2 aliphatic rings. The van der Waals surface area contributed by atoms with Crippen LogP contribution >= 0.6 is 0 Å². The molecule has 9 heteroatoms. The van der Waals surface area contributed by atoms with E-state index in [-0.39, 0.29) is 35.4 Å². The summed E-state index contributed by atoms with van der Waals surface area (Å²) in [6.45, 7) is 12.4. The highest BCUT2D eigenvalue weighted by Gasteiger charge is 2.64. The van der Waals surface area contributed by atoms with Crippen LogP contribution in [0.5, 0.6) is 0 Å². The van der Waals surface area contributed by atoms with Gasteiger partial charge in [0.05, 0.1) is 5.52 Å². The van der Waals surface area contributed by atoms with Gasteiger partial charge < -0.3 is 10.0 Å². The van der Waals surface area contributed by atoms with E-state index in [1.54, 1.807) is 13.1 Å². The Morgan fingerprint density at radius 1 is 1.26 bits per heavy atom. The highest BCUT2D eigenvalue weighted by molar-refractivity contribution is 6.06. The van der Waals surface area contributed by atoms with Crippen LogP contribution in [0, 0.1) is 12.3 Å². The third kappa shape index (κ3) is 3.95. The molecular weight excluding hydrogens is 434 g/mol. The van der Waals surface area contributed by atoms with E-state index in [1.807, 2.05) is 32.9 Å². The average molecular weight is 464 g/mol. The van der Waals surface area contributed by atoms with Gasteiger partial charge in [-0.05, 0) is 74.6 Å². The number of benzene rings is 1. The molecule has 1 unspecified atom stereocenters.